The Hall–Kier alpha value is -1.83. The molecule has 0 saturated carbocycles. The largest absolute Gasteiger partial charge is 0.411 e. The van der Waals surface area contributed by atoms with Crippen molar-refractivity contribution in [1.29, 1.82) is 0 Å². The van der Waals surface area contributed by atoms with Crippen molar-refractivity contribution in [2.24, 2.45) is 0 Å². The number of benzene rings is 1. The Balaban J connectivity index is 2.20. The van der Waals surface area contributed by atoms with Gasteiger partial charge >= 0.3 is 12.2 Å². The van der Waals surface area contributed by atoms with Crippen LogP contribution in [-0.2, 0) is 11.2 Å². The molecule has 1 rings (SSSR count). The predicted octanol–water partition coefficient (Wildman–Crippen LogP) is 2.63. The summed E-state index contributed by atoms with van der Waals surface area (Å²) >= 11 is 0. The van der Waals surface area contributed by atoms with E-state index in [1.165, 1.54) is 6.07 Å². The quantitative estimate of drug-likeness (QED) is 0.599. The fourth-order valence-electron chi connectivity index (χ4n) is 1.74. The fraction of sp³-hybridized carbons (Fsp3) is 0.500. The highest BCUT2D eigenvalue weighted by molar-refractivity contribution is 5.74. The van der Waals surface area contributed by atoms with Crippen LogP contribution in [0.2, 0.25) is 0 Å². The van der Waals surface area contributed by atoms with Gasteiger partial charge in [-0.1, -0.05) is 18.2 Å². The molecule has 1 aromatic rings. The van der Waals surface area contributed by atoms with Crippen molar-refractivity contribution in [2.75, 3.05) is 19.8 Å². The van der Waals surface area contributed by atoms with Gasteiger partial charge in [-0.15, -0.1) is 0 Å². The van der Waals surface area contributed by atoms with Crippen LogP contribution in [0, 0.1) is 5.82 Å². The Morgan fingerprint density at radius 3 is 2.64 bits per heavy atom. The van der Waals surface area contributed by atoms with E-state index in [4.69, 9.17) is 0 Å². The summed E-state index contributed by atoms with van der Waals surface area (Å²) in [6.45, 7) is 0.0646. The second-order valence-electron chi connectivity index (χ2n) is 4.76. The average Bonchev–Trinajstić information content (AvgIpc) is 2.39. The third kappa shape index (κ3) is 7.82. The molecule has 2 amide bonds. The van der Waals surface area contributed by atoms with Crippen LogP contribution < -0.4 is 10.6 Å². The van der Waals surface area contributed by atoms with Gasteiger partial charge in [0.05, 0.1) is 6.61 Å². The third-order valence-corrected chi connectivity index (χ3v) is 2.66. The van der Waals surface area contributed by atoms with Crippen LogP contribution in [0.15, 0.2) is 24.3 Å². The number of amides is 2. The zero-order valence-electron chi connectivity index (χ0n) is 12.0. The van der Waals surface area contributed by atoms with E-state index < -0.39 is 18.8 Å². The molecule has 0 aliphatic rings. The monoisotopic (exact) mass is 322 g/mol. The molecule has 0 fully saturated rings. The molecule has 0 saturated heterocycles. The molecule has 0 aliphatic carbocycles. The van der Waals surface area contributed by atoms with Crippen molar-refractivity contribution in [1.82, 2.24) is 10.6 Å². The molecule has 124 valence electrons. The summed E-state index contributed by atoms with van der Waals surface area (Å²) in [6.07, 6.45) is -4.07. The summed E-state index contributed by atoms with van der Waals surface area (Å²) in [5.74, 6) is -0.350. The number of hydrogen-bond donors (Lipinski definition) is 2. The number of nitrogens with one attached hydrogen (secondary N) is 2. The van der Waals surface area contributed by atoms with Crippen LogP contribution in [0.4, 0.5) is 22.4 Å². The Bertz CT molecular complexity index is 480. The molecule has 1 unspecified atom stereocenters. The lowest BCUT2D eigenvalue weighted by Crippen LogP contribution is -2.43. The van der Waals surface area contributed by atoms with Crippen molar-refractivity contribution in [3.05, 3.63) is 35.6 Å². The van der Waals surface area contributed by atoms with Gasteiger partial charge in [0.1, 0.15) is 12.4 Å². The van der Waals surface area contributed by atoms with E-state index in [1.807, 2.05) is 0 Å². The Morgan fingerprint density at radius 1 is 1.32 bits per heavy atom. The molecular formula is C14H18F4N2O2. The maximum atomic E-state index is 13.4. The van der Waals surface area contributed by atoms with Crippen molar-refractivity contribution in [3.63, 3.8) is 0 Å². The molecule has 0 aromatic heterocycles. The summed E-state index contributed by atoms with van der Waals surface area (Å²) in [5.41, 5.74) is 0.476. The molecule has 0 bridgehead atoms. The number of ether oxygens (including phenoxy) is 1. The maximum absolute atomic E-state index is 13.4. The summed E-state index contributed by atoms with van der Waals surface area (Å²) in [4.78, 5) is 11.5. The Labute approximate surface area is 125 Å². The van der Waals surface area contributed by atoms with Gasteiger partial charge < -0.3 is 15.4 Å². The summed E-state index contributed by atoms with van der Waals surface area (Å²) < 4.78 is 53.2. The van der Waals surface area contributed by atoms with Gasteiger partial charge in [0.15, 0.2) is 0 Å². The number of urea groups is 1. The molecule has 1 aromatic carbocycles. The first kappa shape index (κ1) is 18.2. The van der Waals surface area contributed by atoms with Crippen LogP contribution >= 0.6 is 0 Å². The minimum atomic E-state index is -4.38. The first-order chi connectivity index (χ1) is 10.3. The highest BCUT2D eigenvalue weighted by Gasteiger charge is 2.27. The van der Waals surface area contributed by atoms with E-state index in [9.17, 15) is 22.4 Å². The average molecular weight is 322 g/mol. The van der Waals surface area contributed by atoms with Gasteiger partial charge in [-0.05, 0) is 25.0 Å². The normalized spacial score (nSPS) is 12.8. The van der Waals surface area contributed by atoms with Crippen LogP contribution in [0.25, 0.3) is 0 Å². The lowest BCUT2D eigenvalue weighted by atomic mass is 10.1. The number of carbonyl (C=O) groups excluding carboxylic acids is 1. The number of rotatable bonds is 7. The summed E-state index contributed by atoms with van der Waals surface area (Å²) in [6, 6.07) is 5.36. The van der Waals surface area contributed by atoms with Crippen LogP contribution in [0.1, 0.15) is 12.5 Å². The molecule has 8 heteroatoms. The Kier molecular flexibility index (Phi) is 7.10. The van der Waals surface area contributed by atoms with Crippen molar-refractivity contribution in [3.8, 4) is 0 Å². The molecule has 2 N–H and O–H groups in total. The van der Waals surface area contributed by atoms with Gasteiger partial charge in [-0.25, -0.2) is 9.18 Å². The van der Waals surface area contributed by atoms with Gasteiger partial charge in [0.2, 0.25) is 0 Å². The predicted molar refractivity (Wildman–Crippen MR) is 73.0 cm³/mol. The summed E-state index contributed by atoms with van der Waals surface area (Å²) in [5, 5.41) is 4.93. The molecule has 1 atom stereocenters. The molecule has 0 aliphatic heterocycles. The van der Waals surface area contributed by atoms with Gasteiger partial charge in [0, 0.05) is 12.6 Å². The second kappa shape index (κ2) is 8.57. The number of alkyl halides is 3. The lowest BCUT2D eigenvalue weighted by molar-refractivity contribution is -0.173. The Morgan fingerprint density at radius 2 is 2.00 bits per heavy atom. The van der Waals surface area contributed by atoms with E-state index in [-0.39, 0.29) is 25.0 Å². The van der Waals surface area contributed by atoms with E-state index in [0.717, 1.165) is 0 Å². The standard InChI is InChI=1S/C14H18F4N2O2/c1-10(8-11-4-2-3-5-12(11)15)20-13(21)19-6-7-22-9-14(16,17)18/h2-5,10H,6-9H2,1H3,(H2,19,20,21). The molecule has 0 radical (unpaired) electrons. The molecule has 4 nitrogen and oxygen atoms in total. The first-order valence-electron chi connectivity index (χ1n) is 6.70. The van der Waals surface area contributed by atoms with E-state index in [1.54, 1.807) is 25.1 Å². The smallest absolute Gasteiger partial charge is 0.370 e. The van der Waals surface area contributed by atoms with Crippen LogP contribution in [0.5, 0.6) is 0 Å². The zero-order chi connectivity index (χ0) is 16.6. The molecule has 0 heterocycles. The third-order valence-electron chi connectivity index (χ3n) is 2.66. The van der Waals surface area contributed by atoms with Gasteiger partial charge in [-0.2, -0.15) is 13.2 Å². The molecular weight excluding hydrogens is 304 g/mol. The number of carbonyl (C=O) groups is 1. The second-order valence-corrected chi connectivity index (χ2v) is 4.76. The zero-order valence-corrected chi connectivity index (χ0v) is 12.0. The minimum Gasteiger partial charge on any atom is -0.370 e. The molecule has 0 spiro atoms. The van der Waals surface area contributed by atoms with E-state index in [0.29, 0.717) is 12.0 Å². The topological polar surface area (TPSA) is 50.4 Å². The fourth-order valence-corrected chi connectivity index (χ4v) is 1.74. The molecule has 22 heavy (non-hydrogen) atoms. The van der Waals surface area contributed by atoms with Crippen LogP contribution in [0.3, 0.4) is 0 Å². The lowest BCUT2D eigenvalue weighted by Gasteiger charge is -2.15. The van der Waals surface area contributed by atoms with E-state index in [2.05, 4.69) is 15.4 Å². The number of halogens is 4. The van der Waals surface area contributed by atoms with Crippen molar-refractivity contribution >= 4 is 6.03 Å². The van der Waals surface area contributed by atoms with Gasteiger partial charge in [-0.3, -0.25) is 0 Å². The first-order valence-corrected chi connectivity index (χ1v) is 6.70. The SMILES string of the molecule is CC(Cc1ccccc1F)NC(=O)NCCOCC(F)(F)F. The minimum absolute atomic E-state index is 0.0473. The summed E-state index contributed by atoms with van der Waals surface area (Å²) in [7, 11) is 0. The number of hydrogen-bond acceptors (Lipinski definition) is 2. The van der Waals surface area contributed by atoms with Crippen molar-refractivity contribution in [2.45, 2.75) is 25.6 Å². The maximum Gasteiger partial charge on any atom is 0.411 e. The van der Waals surface area contributed by atoms with Crippen LogP contribution in [-0.4, -0.2) is 38.0 Å². The van der Waals surface area contributed by atoms with E-state index >= 15 is 0 Å². The van der Waals surface area contributed by atoms with Gasteiger partial charge in [0.25, 0.3) is 0 Å². The highest BCUT2D eigenvalue weighted by atomic mass is 19.4. The van der Waals surface area contributed by atoms with Crippen molar-refractivity contribution < 1.29 is 27.1 Å². The highest BCUT2D eigenvalue weighted by Crippen LogP contribution is 2.14.